The van der Waals surface area contributed by atoms with Crippen molar-refractivity contribution in [3.8, 4) is 0 Å². The van der Waals surface area contributed by atoms with Gasteiger partial charge in [0.05, 0.1) is 31.4 Å². The van der Waals surface area contributed by atoms with Crippen molar-refractivity contribution >= 4 is 11.8 Å². The van der Waals surface area contributed by atoms with Crippen molar-refractivity contribution in [3.05, 3.63) is 24.3 Å². The fourth-order valence-electron chi connectivity index (χ4n) is 1.62. The van der Waals surface area contributed by atoms with Gasteiger partial charge in [-0.3, -0.25) is 14.6 Å². The second-order valence-corrected chi connectivity index (χ2v) is 3.96. The van der Waals surface area contributed by atoms with E-state index in [-0.39, 0.29) is 31.2 Å². The molecule has 0 bridgehead atoms. The Hall–Kier alpha value is -2.02. The van der Waals surface area contributed by atoms with Crippen LogP contribution in [0, 0.1) is 0 Å². The highest BCUT2D eigenvalue weighted by molar-refractivity contribution is 5.93. The molecule has 1 aromatic rings. The predicted octanol–water partition coefficient (Wildman–Crippen LogP) is -1.15. The third-order valence-electron chi connectivity index (χ3n) is 2.44. The van der Waals surface area contributed by atoms with E-state index in [2.05, 4.69) is 15.3 Å². The zero-order valence-electron chi connectivity index (χ0n) is 9.05. The van der Waals surface area contributed by atoms with E-state index in [0.29, 0.717) is 0 Å². The van der Waals surface area contributed by atoms with Gasteiger partial charge in [0.25, 0.3) is 5.91 Å². The van der Waals surface area contributed by atoms with Gasteiger partial charge in [-0.1, -0.05) is 0 Å². The van der Waals surface area contributed by atoms with Gasteiger partial charge in [-0.05, 0) is 0 Å². The summed E-state index contributed by atoms with van der Waals surface area (Å²) in [6, 6.07) is 0. The number of nitrogens with two attached hydrogens (primary N) is 1. The molecule has 0 atom stereocenters. The maximum absolute atomic E-state index is 11.8. The molecule has 17 heavy (non-hydrogen) atoms. The number of nitrogens with one attached hydrogen (secondary N) is 1. The van der Waals surface area contributed by atoms with E-state index in [9.17, 15) is 9.59 Å². The minimum Gasteiger partial charge on any atom is -0.376 e. The zero-order valence-corrected chi connectivity index (χ0v) is 9.05. The van der Waals surface area contributed by atoms with Crippen LogP contribution in [0.3, 0.4) is 0 Å². The van der Waals surface area contributed by atoms with Crippen molar-refractivity contribution in [3.63, 3.8) is 0 Å². The van der Waals surface area contributed by atoms with Crippen molar-refractivity contribution < 1.29 is 14.3 Å². The monoisotopic (exact) mass is 236 g/mol. The van der Waals surface area contributed by atoms with Gasteiger partial charge in [-0.25, -0.2) is 4.98 Å². The standard InChI is InChI=1S/C10H12N4O3/c11-8(15)3-10(5-17-6-10)14-9(16)7-4-12-1-2-13-7/h1-2,4H,3,5-6H2,(H2,11,15)(H,14,16). The molecule has 2 rings (SSSR count). The van der Waals surface area contributed by atoms with E-state index >= 15 is 0 Å². The minimum atomic E-state index is -0.694. The van der Waals surface area contributed by atoms with Crippen LogP contribution < -0.4 is 11.1 Å². The van der Waals surface area contributed by atoms with E-state index in [4.69, 9.17) is 10.5 Å². The van der Waals surface area contributed by atoms with E-state index in [1.807, 2.05) is 0 Å². The lowest BCUT2D eigenvalue weighted by molar-refractivity contribution is -0.127. The van der Waals surface area contributed by atoms with Crippen molar-refractivity contribution in [2.24, 2.45) is 5.73 Å². The molecule has 2 heterocycles. The van der Waals surface area contributed by atoms with Gasteiger partial charge in [0.1, 0.15) is 5.69 Å². The number of ether oxygens (including phenoxy) is 1. The molecule has 1 saturated heterocycles. The van der Waals surface area contributed by atoms with Crippen LogP contribution in [0.4, 0.5) is 0 Å². The molecule has 7 nitrogen and oxygen atoms in total. The molecule has 0 unspecified atom stereocenters. The number of nitrogens with zero attached hydrogens (tertiary/aromatic N) is 2. The summed E-state index contributed by atoms with van der Waals surface area (Å²) >= 11 is 0. The topological polar surface area (TPSA) is 107 Å². The van der Waals surface area contributed by atoms with Crippen LogP contribution in [-0.4, -0.2) is 40.5 Å². The summed E-state index contributed by atoms with van der Waals surface area (Å²) in [5.41, 5.74) is 4.63. The van der Waals surface area contributed by atoms with Crippen LogP contribution in [0.5, 0.6) is 0 Å². The van der Waals surface area contributed by atoms with Crippen LogP contribution in [0.2, 0.25) is 0 Å². The van der Waals surface area contributed by atoms with Crippen LogP contribution >= 0.6 is 0 Å². The number of rotatable bonds is 4. The fourth-order valence-corrected chi connectivity index (χ4v) is 1.62. The maximum Gasteiger partial charge on any atom is 0.272 e. The van der Waals surface area contributed by atoms with Gasteiger partial charge in [0, 0.05) is 12.4 Å². The molecular formula is C10H12N4O3. The minimum absolute atomic E-state index is 0.0546. The van der Waals surface area contributed by atoms with Gasteiger partial charge in [-0.2, -0.15) is 0 Å². The number of amides is 2. The molecule has 1 aliphatic rings. The van der Waals surface area contributed by atoms with Crippen LogP contribution in [0.25, 0.3) is 0 Å². The highest BCUT2D eigenvalue weighted by atomic mass is 16.5. The van der Waals surface area contributed by atoms with Crippen molar-refractivity contribution in [2.45, 2.75) is 12.0 Å². The average Bonchev–Trinajstić information content (AvgIpc) is 2.26. The third-order valence-corrected chi connectivity index (χ3v) is 2.44. The molecule has 1 aliphatic heterocycles. The molecule has 0 saturated carbocycles. The Labute approximate surface area is 97.4 Å². The molecule has 2 amide bonds. The van der Waals surface area contributed by atoms with Crippen molar-refractivity contribution in [2.75, 3.05) is 13.2 Å². The summed E-state index contributed by atoms with van der Waals surface area (Å²) in [5.74, 6) is -0.865. The second kappa shape index (κ2) is 4.46. The van der Waals surface area contributed by atoms with Gasteiger partial charge < -0.3 is 15.8 Å². The number of primary amides is 1. The van der Waals surface area contributed by atoms with E-state index in [1.165, 1.54) is 18.6 Å². The van der Waals surface area contributed by atoms with Crippen molar-refractivity contribution in [1.82, 2.24) is 15.3 Å². The molecule has 1 fully saturated rings. The first-order valence-electron chi connectivity index (χ1n) is 5.06. The summed E-state index contributed by atoms with van der Waals surface area (Å²) in [5, 5.41) is 2.71. The number of carbonyl (C=O) groups excluding carboxylic acids is 2. The third kappa shape index (κ3) is 2.56. The van der Waals surface area contributed by atoms with Crippen LogP contribution in [-0.2, 0) is 9.53 Å². The quantitative estimate of drug-likeness (QED) is 0.686. The van der Waals surface area contributed by atoms with Gasteiger partial charge >= 0.3 is 0 Å². The molecular weight excluding hydrogens is 224 g/mol. The van der Waals surface area contributed by atoms with Gasteiger partial charge in [0.15, 0.2) is 0 Å². The van der Waals surface area contributed by atoms with E-state index < -0.39 is 11.4 Å². The Morgan fingerprint density at radius 1 is 1.47 bits per heavy atom. The number of hydrogen-bond donors (Lipinski definition) is 2. The lowest BCUT2D eigenvalue weighted by atomic mass is 9.92. The Morgan fingerprint density at radius 3 is 2.71 bits per heavy atom. The molecule has 7 heteroatoms. The molecule has 0 radical (unpaired) electrons. The van der Waals surface area contributed by atoms with Gasteiger partial charge in [0.2, 0.25) is 5.91 Å². The van der Waals surface area contributed by atoms with E-state index in [0.717, 1.165) is 0 Å². The predicted molar refractivity (Wildman–Crippen MR) is 56.9 cm³/mol. The average molecular weight is 236 g/mol. The molecule has 90 valence electrons. The first-order chi connectivity index (χ1) is 8.11. The summed E-state index contributed by atoms with van der Waals surface area (Å²) in [6.07, 6.45) is 4.31. The SMILES string of the molecule is NC(=O)CC1(NC(=O)c2cnccn2)COC1. The lowest BCUT2D eigenvalue weighted by Crippen LogP contribution is -2.63. The molecule has 1 aromatic heterocycles. The Balaban J connectivity index is 2.05. The molecule has 0 aliphatic carbocycles. The van der Waals surface area contributed by atoms with E-state index in [1.54, 1.807) is 0 Å². The number of hydrogen-bond acceptors (Lipinski definition) is 5. The highest BCUT2D eigenvalue weighted by Gasteiger charge is 2.41. The molecule has 0 aromatic carbocycles. The summed E-state index contributed by atoms with van der Waals surface area (Å²) in [4.78, 5) is 30.4. The van der Waals surface area contributed by atoms with Gasteiger partial charge in [-0.15, -0.1) is 0 Å². The highest BCUT2D eigenvalue weighted by Crippen LogP contribution is 2.21. The Morgan fingerprint density at radius 2 is 2.24 bits per heavy atom. The summed E-state index contributed by atoms with van der Waals surface area (Å²) in [6.45, 7) is 0.559. The van der Waals surface area contributed by atoms with Crippen LogP contribution in [0.15, 0.2) is 18.6 Å². The fraction of sp³-hybridized carbons (Fsp3) is 0.400. The second-order valence-electron chi connectivity index (χ2n) is 3.96. The summed E-state index contributed by atoms with van der Waals surface area (Å²) in [7, 11) is 0. The number of carbonyl (C=O) groups is 2. The first-order valence-corrected chi connectivity index (χ1v) is 5.06. The normalized spacial score (nSPS) is 16.9. The molecule has 3 N–H and O–H groups in total. The number of aromatic nitrogens is 2. The largest absolute Gasteiger partial charge is 0.376 e. The Bertz CT molecular complexity index is 430. The zero-order chi connectivity index (χ0) is 12.3. The Kier molecular flexibility index (Phi) is 3.01. The molecule has 0 spiro atoms. The maximum atomic E-state index is 11.8. The summed E-state index contributed by atoms with van der Waals surface area (Å²) < 4.78 is 5.02. The van der Waals surface area contributed by atoms with Crippen LogP contribution in [0.1, 0.15) is 16.9 Å². The van der Waals surface area contributed by atoms with Crippen molar-refractivity contribution in [1.29, 1.82) is 0 Å². The smallest absolute Gasteiger partial charge is 0.272 e. The first kappa shape index (κ1) is 11.5. The lowest BCUT2D eigenvalue weighted by Gasteiger charge is -2.41.